The van der Waals surface area contributed by atoms with E-state index in [2.05, 4.69) is 15.8 Å². The van der Waals surface area contributed by atoms with Crippen LogP contribution in [0.2, 0.25) is 0 Å². The van der Waals surface area contributed by atoms with Gasteiger partial charge in [-0.25, -0.2) is 5.43 Å². The van der Waals surface area contributed by atoms with E-state index in [0.29, 0.717) is 6.54 Å². The Morgan fingerprint density at radius 1 is 0.913 bits per heavy atom. The number of hydrogen-bond acceptors (Lipinski definition) is 3. The average molecular weight is 309 g/mol. The Hall–Kier alpha value is -2.95. The molecule has 2 N–H and O–H groups in total. The van der Waals surface area contributed by atoms with Gasteiger partial charge in [-0.15, -0.1) is 0 Å². The second-order valence-electron chi connectivity index (χ2n) is 4.97. The molecule has 23 heavy (non-hydrogen) atoms. The molecule has 0 aliphatic heterocycles. The zero-order valence-electron chi connectivity index (χ0n) is 12.7. The van der Waals surface area contributed by atoms with Crippen LogP contribution in [0.3, 0.4) is 0 Å². The van der Waals surface area contributed by atoms with E-state index in [-0.39, 0.29) is 12.3 Å². The summed E-state index contributed by atoms with van der Waals surface area (Å²) >= 11 is 0. The van der Waals surface area contributed by atoms with Crippen molar-refractivity contribution in [2.75, 3.05) is 6.54 Å². The minimum absolute atomic E-state index is 0.235. The van der Waals surface area contributed by atoms with E-state index in [0.717, 1.165) is 17.5 Å². The van der Waals surface area contributed by atoms with Crippen molar-refractivity contribution < 1.29 is 9.59 Å². The number of hydrazone groups is 1. The number of nitrogens with zero attached hydrogens (tertiary/aromatic N) is 1. The highest BCUT2D eigenvalue weighted by molar-refractivity contribution is 5.97. The summed E-state index contributed by atoms with van der Waals surface area (Å²) < 4.78 is 0. The molecular formula is C18H19N3O2. The van der Waals surface area contributed by atoms with Gasteiger partial charge < -0.3 is 5.32 Å². The van der Waals surface area contributed by atoms with Gasteiger partial charge in [0, 0.05) is 6.54 Å². The number of nitrogens with one attached hydrogen (secondary N) is 2. The molecule has 0 fully saturated rings. The van der Waals surface area contributed by atoms with Crippen molar-refractivity contribution in [1.82, 2.24) is 10.7 Å². The zero-order valence-corrected chi connectivity index (χ0v) is 12.7. The van der Waals surface area contributed by atoms with Gasteiger partial charge >= 0.3 is 0 Å². The summed E-state index contributed by atoms with van der Waals surface area (Å²) in [5, 5.41) is 6.54. The Kier molecular flexibility index (Phi) is 6.53. The van der Waals surface area contributed by atoms with E-state index >= 15 is 0 Å². The molecule has 5 heteroatoms. The molecule has 2 aromatic carbocycles. The standard InChI is InChI=1S/C18H19N3O2/c22-17(19-12-11-15-7-3-1-4-8-15)13-18(23)21-20-14-16-9-5-2-6-10-16/h1-10,14H,11-13H2,(H,19,22)(H,21,23). The van der Waals surface area contributed by atoms with E-state index in [4.69, 9.17) is 0 Å². The molecule has 0 aliphatic rings. The van der Waals surface area contributed by atoms with Crippen LogP contribution in [0, 0.1) is 0 Å². The number of carbonyl (C=O) groups is 2. The lowest BCUT2D eigenvalue weighted by Gasteiger charge is -2.04. The van der Waals surface area contributed by atoms with Crippen molar-refractivity contribution >= 4 is 18.0 Å². The van der Waals surface area contributed by atoms with Crippen molar-refractivity contribution in [1.29, 1.82) is 0 Å². The van der Waals surface area contributed by atoms with Crippen molar-refractivity contribution in [2.24, 2.45) is 5.10 Å². The average Bonchev–Trinajstić information content (AvgIpc) is 2.57. The molecule has 0 spiro atoms. The molecule has 5 nitrogen and oxygen atoms in total. The summed E-state index contributed by atoms with van der Waals surface area (Å²) in [6, 6.07) is 19.2. The SMILES string of the molecule is O=C(CC(=O)NN=Cc1ccccc1)NCCc1ccccc1. The molecule has 0 saturated carbocycles. The fraction of sp³-hybridized carbons (Fsp3) is 0.167. The van der Waals surface area contributed by atoms with Crippen molar-refractivity contribution in [2.45, 2.75) is 12.8 Å². The van der Waals surface area contributed by atoms with Crippen LogP contribution in [0.15, 0.2) is 65.8 Å². The normalized spacial score (nSPS) is 10.4. The lowest BCUT2D eigenvalue weighted by atomic mass is 10.1. The molecule has 0 aliphatic carbocycles. The number of benzene rings is 2. The van der Waals surface area contributed by atoms with Gasteiger partial charge in [-0.1, -0.05) is 60.7 Å². The molecule has 0 heterocycles. The van der Waals surface area contributed by atoms with E-state index in [1.165, 1.54) is 6.21 Å². The van der Waals surface area contributed by atoms with E-state index in [1.807, 2.05) is 60.7 Å². The quantitative estimate of drug-likeness (QED) is 0.466. The molecule has 0 radical (unpaired) electrons. The third kappa shape index (κ3) is 6.56. The topological polar surface area (TPSA) is 70.6 Å². The Bertz CT molecular complexity index is 654. The van der Waals surface area contributed by atoms with Gasteiger partial charge in [-0.2, -0.15) is 5.10 Å². The van der Waals surface area contributed by atoms with Gasteiger partial charge in [0.05, 0.1) is 6.21 Å². The maximum atomic E-state index is 11.7. The maximum Gasteiger partial charge on any atom is 0.249 e. The summed E-state index contributed by atoms with van der Waals surface area (Å²) in [4.78, 5) is 23.2. The van der Waals surface area contributed by atoms with Crippen LogP contribution in [0.25, 0.3) is 0 Å². The summed E-state index contributed by atoms with van der Waals surface area (Å²) in [6.07, 6.45) is 2.03. The van der Waals surface area contributed by atoms with Gasteiger partial charge in [0.1, 0.15) is 6.42 Å². The van der Waals surface area contributed by atoms with Crippen LogP contribution in [-0.4, -0.2) is 24.6 Å². The van der Waals surface area contributed by atoms with Crippen LogP contribution < -0.4 is 10.7 Å². The fourth-order valence-corrected chi connectivity index (χ4v) is 1.96. The van der Waals surface area contributed by atoms with E-state index < -0.39 is 5.91 Å². The summed E-state index contributed by atoms with van der Waals surface area (Å²) in [7, 11) is 0. The lowest BCUT2D eigenvalue weighted by molar-refractivity contribution is -0.129. The third-order valence-corrected chi connectivity index (χ3v) is 3.10. The molecule has 0 unspecified atom stereocenters. The van der Waals surface area contributed by atoms with Gasteiger partial charge in [-0.05, 0) is 17.5 Å². The smallest absolute Gasteiger partial charge is 0.249 e. The predicted molar refractivity (Wildman–Crippen MR) is 90.0 cm³/mol. The van der Waals surface area contributed by atoms with Crippen molar-refractivity contribution in [3.05, 3.63) is 71.8 Å². The molecule has 0 atom stereocenters. The Morgan fingerprint density at radius 2 is 1.57 bits per heavy atom. The summed E-state index contributed by atoms with van der Waals surface area (Å²) in [5.74, 6) is -0.747. The van der Waals surface area contributed by atoms with Crippen LogP contribution in [0.5, 0.6) is 0 Å². The first kappa shape index (κ1) is 16.4. The molecule has 2 aromatic rings. The first-order chi connectivity index (χ1) is 11.2. The maximum absolute atomic E-state index is 11.7. The Labute approximate surface area is 135 Å². The van der Waals surface area contributed by atoms with Gasteiger partial charge in [0.25, 0.3) is 0 Å². The number of hydrogen-bond donors (Lipinski definition) is 2. The Balaban J connectivity index is 1.64. The van der Waals surface area contributed by atoms with Crippen LogP contribution in [0.1, 0.15) is 17.5 Å². The molecular weight excluding hydrogens is 290 g/mol. The Morgan fingerprint density at radius 3 is 2.26 bits per heavy atom. The van der Waals surface area contributed by atoms with Crippen molar-refractivity contribution in [3.8, 4) is 0 Å². The van der Waals surface area contributed by atoms with Gasteiger partial charge in [-0.3, -0.25) is 9.59 Å². The molecule has 0 aromatic heterocycles. The third-order valence-electron chi connectivity index (χ3n) is 3.10. The molecule has 2 amide bonds. The fourth-order valence-electron chi connectivity index (χ4n) is 1.96. The molecule has 2 rings (SSSR count). The monoisotopic (exact) mass is 309 g/mol. The summed E-state index contributed by atoms with van der Waals surface area (Å²) in [6.45, 7) is 0.503. The highest BCUT2D eigenvalue weighted by atomic mass is 16.2. The first-order valence-corrected chi connectivity index (χ1v) is 7.41. The number of amides is 2. The molecule has 0 saturated heterocycles. The highest BCUT2D eigenvalue weighted by Gasteiger charge is 2.07. The second kappa shape index (κ2) is 9.15. The van der Waals surface area contributed by atoms with Crippen LogP contribution >= 0.6 is 0 Å². The van der Waals surface area contributed by atoms with Gasteiger partial charge in [0.15, 0.2) is 0 Å². The predicted octanol–water partition coefficient (Wildman–Crippen LogP) is 1.89. The number of rotatable bonds is 7. The van der Waals surface area contributed by atoms with Crippen LogP contribution in [-0.2, 0) is 16.0 Å². The lowest BCUT2D eigenvalue weighted by Crippen LogP contribution is -2.31. The van der Waals surface area contributed by atoms with Crippen molar-refractivity contribution in [3.63, 3.8) is 0 Å². The molecule has 118 valence electrons. The number of carbonyl (C=O) groups excluding carboxylic acids is 2. The largest absolute Gasteiger partial charge is 0.355 e. The molecule has 0 bridgehead atoms. The first-order valence-electron chi connectivity index (χ1n) is 7.41. The minimum Gasteiger partial charge on any atom is -0.355 e. The van der Waals surface area contributed by atoms with E-state index in [1.54, 1.807) is 0 Å². The highest BCUT2D eigenvalue weighted by Crippen LogP contribution is 1.98. The van der Waals surface area contributed by atoms with E-state index in [9.17, 15) is 9.59 Å². The summed E-state index contributed by atoms with van der Waals surface area (Å²) in [5.41, 5.74) is 4.36. The minimum atomic E-state index is -0.436. The van der Waals surface area contributed by atoms with Crippen LogP contribution in [0.4, 0.5) is 0 Å². The zero-order chi connectivity index (χ0) is 16.3. The van der Waals surface area contributed by atoms with Gasteiger partial charge in [0.2, 0.25) is 11.8 Å². The second-order valence-corrected chi connectivity index (χ2v) is 4.97.